The Hall–Kier alpha value is -0.950. The molecule has 6 nitrogen and oxygen atoms in total. The van der Waals surface area contributed by atoms with E-state index in [-0.39, 0.29) is 13.2 Å². The van der Waals surface area contributed by atoms with Crippen molar-refractivity contribution >= 4 is 23.8 Å². The highest BCUT2D eigenvalue weighted by atomic mass is 32.2. The lowest BCUT2D eigenvalue weighted by Crippen LogP contribution is -2.47. The number of aliphatic hydroxyl groups excluding tert-OH is 1. The molecule has 0 spiro atoms. The van der Waals surface area contributed by atoms with Crippen LogP contribution in [-0.2, 0) is 4.79 Å². The van der Waals surface area contributed by atoms with Gasteiger partial charge < -0.3 is 20.4 Å². The van der Waals surface area contributed by atoms with E-state index < -0.39 is 18.0 Å². The van der Waals surface area contributed by atoms with E-state index in [4.69, 9.17) is 10.2 Å². The molecule has 0 aliphatic carbocycles. The van der Waals surface area contributed by atoms with Gasteiger partial charge in [-0.25, -0.2) is 9.59 Å². The summed E-state index contributed by atoms with van der Waals surface area (Å²) in [5.74, 6) is -0.374. The Morgan fingerprint density at radius 1 is 1.50 bits per heavy atom. The predicted octanol–water partition coefficient (Wildman–Crippen LogP) is -0.174. The van der Waals surface area contributed by atoms with Gasteiger partial charge in [0.25, 0.3) is 0 Å². The Bertz CT molecular complexity index is 238. The Morgan fingerprint density at radius 2 is 2.12 bits per heavy atom. The third-order valence-electron chi connectivity index (χ3n) is 1.99. The molecular weight excluding hydrogens is 232 g/mol. The molecule has 94 valence electrons. The first-order chi connectivity index (χ1) is 7.52. The number of likely N-dealkylation sites (N-methyl/N-ethyl adjacent to an activating group) is 1. The highest BCUT2D eigenvalue weighted by Crippen LogP contribution is 2.01. The standard InChI is InChI=1S/C9H18N2O4S/c1-11(4-5-12)9(15)10-7(8(13)14)3-6-16-2/h7,12H,3-6H2,1-2H3,(H,10,15)(H,13,14). The summed E-state index contributed by atoms with van der Waals surface area (Å²) in [4.78, 5) is 23.5. The van der Waals surface area contributed by atoms with Crippen LogP contribution in [0.1, 0.15) is 6.42 Å². The van der Waals surface area contributed by atoms with E-state index in [1.165, 1.54) is 23.7 Å². The van der Waals surface area contributed by atoms with Gasteiger partial charge in [0.2, 0.25) is 0 Å². The van der Waals surface area contributed by atoms with Crippen molar-refractivity contribution < 1.29 is 19.8 Å². The van der Waals surface area contributed by atoms with Crippen LogP contribution in [0.5, 0.6) is 0 Å². The summed E-state index contributed by atoms with van der Waals surface area (Å²) in [5.41, 5.74) is 0. The quantitative estimate of drug-likeness (QED) is 0.583. The number of carboxylic acids is 1. The molecule has 0 aromatic rings. The van der Waals surface area contributed by atoms with Crippen molar-refractivity contribution in [3.05, 3.63) is 0 Å². The smallest absolute Gasteiger partial charge is 0.326 e. The van der Waals surface area contributed by atoms with Gasteiger partial charge in [0.15, 0.2) is 0 Å². The van der Waals surface area contributed by atoms with Crippen LogP contribution in [0, 0.1) is 0 Å². The molecule has 0 heterocycles. The molecule has 0 aromatic carbocycles. The molecule has 0 saturated heterocycles. The zero-order valence-electron chi connectivity index (χ0n) is 9.47. The fourth-order valence-electron chi connectivity index (χ4n) is 1.00. The van der Waals surface area contributed by atoms with Gasteiger partial charge in [0.1, 0.15) is 6.04 Å². The Kier molecular flexibility index (Phi) is 7.74. The van der Waals surface area contributed by atoms with Gasteiger partial charge in [-0.05, 0) is 18.4 Å². The zero-order valence-corrected chi connectivity index (χ0v) is 10.3. The number of thioether (sulfide) groups is 1. The number of amides is 2. The molecule has 0 aromatic heterocycles. The Balaban J connectivity index is 4.17. The molecule has 1 unspecified atom stereocenters. The lowest BCUT2D eigenvalue weighted by atomic mass is 10.2. The molecule has 2 amide bonds. The summed E-state index contributed by atoms with van der Waals surface area (Å²) in [6, 6.07) is -1.36. The van der Waals surface area contributed by atoms with Gasteiger partial charge >= 0.3 is 12.0 Å². The van der Waals surface area contributed by atoms with Gasteiger partial charge in [-0.3, -0.25) is 0 Å². The van der Waals surface area contributed by atoms with E-state index in [1.54, 1.807) is 0 Å². The van der Waals surface area contributed by atoms with Crippen LogP contribution in [0.3, 0.4) is 0 Å². The fraction of sp³-hybridized carbons (Fsp3) is 0.778. The Labute approximate surface area is 99.0 Å². The van der Waals surface area contributed by atoms with Gasteiger partial charge in [-0.2, -0.15) is 11.8 Å². The lowest BCUT2D eigenvalue weighted by Gasteiger charge is -2.20. The van der Waals surface area contributed by atoms with Crippen molar-refractivity contribution in [3.63, 3.8) is 0 Å². The summed E-state index contributed by atoms with van der Waals surface area (Å²) >= 11 is 1.52. The molecule has 1 atom stereocenters. The van der Waals surface area contributed by atoms with E-state index in [1.807, 2.05) is 6.26 Å². The highest BCUT2D eigenvalue weighted by Gasteiger charge is 2.20. The minimum absolute atomic E-state index is 0.146. The number of nitrogens with zero attached hydrogens (tertiary/aromatic N) is 1. The Morgan fingerprint density at radius 3 is 2.56 bits per heavy atom. The van der Waals surface area contributed by atoms with Crippen molar-refractivity contribution in [2.75, 3.05) is 32.2 Å². The summed E-state index contributed by atoms with van der Waals surface area (Å²) in [5, 5.41) is 19.9. The molecule has 16 heavy (non-hydrogen) atoms. The van der Waals surface area contributed by atoms with E-state index in [9.17, 15) is 9.59 Å². The maximum Gasteiger partial charge on any atom is 0.326 e. The maximum absolute atomic E-state index is 11.4. The summed E-state index contributed by atoms with van der Waals surface area (Å²) in [6.45, 7) is 0.0349. The van der Waals surface area contributed by atoms with Crippen molar-refractivity contribution in [2.45, 2.75) is 12.5 Å². The number of hydrogen-bond donors (Lipinski definition) is 3. The lowest BCUT2D eigenvalue weighted by molar-refractivity contribution is -0.139. The average Bonchev–Trinajstić information content (AvgIpc) is 2.23. The van der Waals surface area contributed by atoms with Crippen LogP contribution >= 0.6 is 11.8 Å². The normalized spacial score (nSPS) is 11.9. The van der Waals surface area contributed by atoms with Crippen LogP contribution in [0.4, 0.5) is 4.79 Å². The number of nitrogens with one attached hydrogen (secondary N) is 1. The molecule has 0 saturated carbocycles. The summed E-state index contributed by atoms with van der Waals surface area (Å²) in [7, 11) is 1.50. The second-order valence-corrected chi connectivity index (χ2v) is 4.25. The van der Waals surface area contributed by atoms with E-state index >= 15 is 0 Å². The number of urea groups is 1. The van der Waals surface area contributed by atoms with Crippen molar-refractivity contribution in [3.8, 4) is 0 Å². The zero-order chi connectivity index (χ0) is 12.6. The summed E-state index contributed by atoms with van der Waals surface area (Å²) < 4.78 is 0. The summed E-state index contributed by atoms with van der Waals surface area (Å²) in [6.07, 6.45) is 2.26. The molecule has 0 aliphatic rings. The average molecular weight is 250 g/mol. The molecule has 7 heteroatoms. The third-order valence-corrected chi connectivity index (χ3v) is 2.63. The first kappa shape index (κ1) is 15.0. The van der Waals surface area contributed by atoms with E-state index in [2.05, 4.69) is 5.32 Å². The molecular formula is C9H18N2O4S. The molecule has 0 rings (SSSR count). The van der Waals surface area contributed by atoms with Crippen molar-refractivity contribution in [1.82, 2.24) is 10.2 Å². The van der Waals surface area contributed by atoms with Gasteiger partial charge in [0, 0.05) is 13.6 Å². The first-order valence-corrected chi connectivity index (χ1v) is 6.26. The molecule has 0 aliphatic heterocycles. The monoisotopic (exact) mass is 250 g/mol. The number of aliphatic hydroxyl groups is 1. The number of rotatable bonds is 7. The molecule has 0 fully saturated rings. The fourth-order valence-corrected chi connectivity index (χ4v) is 1.48. The number of aliphatic carboxylic acids is 1. The first-order valence-electron chi connectivity index (χ1n) is 4.87. The number of hydrogen-bond acceptors (Lipinski definition) is 4. The van der Waals surface area contributed by atoms with E-state index in [0.717, 1.165) is 0 Å². The van der Waals surface area contributed by atoms with Gasteiger partial charge in [-0.15, -0.1) is 0 Å². The number of carbonyl (C=O) groups excluding carboxylic acids is 1. The predicted molar refractivity (Wildman–Crippen MR) is 62.7 cm³/mol. The van der Waals surface area contributed by atoms with Crippen LogP contribution in [0.15, 0.2) is 0 Å². The highest BCUT2D eigenvalue weighted by molar-refractivity contribution is 7.98. The minimum atomic E-state index is -1.04. The second-order valence-electron chi connectivity index (χ2n) is 3.27. The topological polar surface area (TPSA) is 89.9 Å². The molecule has 3 N–H and O–H groups in total. The van der Waals surface area contributed by atoms with Gasteiger partial charge in [0.05, 0.1) is 6.61 Å². The van der Waals surface area contributed by atoms with Crippen molar-refractivity contribution in [2.24, 2.45) is 0 Å². The van der Waals surface area contributed by atoms with Crippen LogP contribution in [0.25, 0.3) is 0 Å². The minimum Gasteiger partial charge on any atom is -0.480 e. The number of carbonyl (C=O) groups is 2. The van der Waals surface area contributed by atoms with Crippen LogP contribution < -0.4 is 5.32 Å². The third kappa shape index (κ3) is 5.82. The second kappa shape index (κ2) is 8.23. The van der Waals surface area contributed by atoms with Crippen LogP contribution in [-0.4, -0.2) is 65.4 Å². The molecule has 0 bridgehead atoms. The van der Waals surface area contributed by atoms with Crippen molar-refractivity contribution in [1.29, 1.82) is 0 Å². The largest absolute Gasteiger partial charge is 0.480 e. The maximum atomic E-state index is 11.4. The van der Waals surface area contributed by atoms with Crippen LogP contribution in [0.2, 0.25) is 0 Å². The number of carboxylic acid groups (broad SMARTS) is 1. The van der Waals surface area contributed by atoms with Gasteiger partial charge in [-0.1, -0.05) is 0 Å². The van der Waals surface area contributed by atoms with E-state index in [0.29, 0.717) is 12.2 Å². The molecule has 0 radical (unpaired) electrons. The SMILES string of the molecule is CSCCC(NC(=O)N(C)CCO)C(=O)O.